The molecule has 0 aliphatic rings. The van der Waals surface area contributed by atoms with E-state index >= 15 is 0 Å². The second-order valence-electron chi connectivity index (χ2n) is 5.02. The van der Waals surface area contributed by atoms with Crippen LogP contribution in [0.2, 0.25) is 0 Å². The van der Waals surface area contributed by atoms with E-state index in [9.17, 15) is 9.18 Å². The van der Waals surface area contributed by atoms with Crippen LogP contribution in [0.5, 0.6) is 0 Å². The zero-order chi connectivity index (χ0) is 14.6. The van der Waals surface area contributed by atoms with E-state index in [1.165, 1.54) is 12.1 Å². The van der Waals surface area contributed by atoms with Crippen molar-refractivity contribution in [3.05, 3.63) is 59.8 Å². The highest BCUT2D eigenvalue weighted by atomic mass is 19.1. The van der Waals surface area contributed by atoms with Crippen LogP contribution in [-0.4, -0.2) is 6.03 Å². The number of hydrogen-bond acceptors (Lipinski definition) is 2. The van der Waals surface area contributed by atoms with Crippen LogP contribution in [0.4, 0.5) is 9.18 Å². The number of hydrogen-bond donors (Lipinski definition) is 2. The van der Waals surface area contributed by atoms with E-state index in [2.05, 4.69) is 10.6 Å². The van der Waals surface area contributed by atoms with Gasteiger partial charge in [-0.3, -0.25) is 0 Å². The van der Waals surface area contributed by atoms with Gasteiger partial charge < -0.3 is 15.1 Å². The number of amides is 2. The third-order valence-electron chi connectivity index (χ3n) is 3.00. The summed E-state index contributed by atoms with van der Waals surface area (Å²) in [6, 6.07) is 9.29. The molecule has 0 bridgehead atoms. The first kappa shape index (κ1) is 14.1. The van der Waals surface area contributed by atoms with Crippen molar-refractivity contribution in [2.75, 3.05) is 0 Å². The third-order valence-corrected chi connectivity index (χ3v) is 3.00. The molecule has 0 aliphatic heterocycles. The second-order valence-corrected chi connectivity index (χ2v) is 5.02. The van der Waals surface area contributed by atoms with Gasteiger partial charge >= 0.3 is 6.03 Å². The molecule has 5 heteroatoms. The van der Waals surface area contributed by atoms with Crippen molar-refractivity contribution in [1.82, 2.24) is 10.6 Å². The Morgan fingerprint density at radius 1 is 1.25 bits per heavy atom. The lowest BCUT2D eigenvalue weighted by Gasteiger charge is -2.27. The molecule has 1 aromatic heterocycles. The molecule has 0 unspecified atom stereocenters. The van der Waals surface area contributed by atoms with Crippen LogP contribution < -0.4 is 10.6 Å². The highest BCUT2D eigenvalue weighted by molar-refractivity contribution is 5.74. The van der Waals surface area contributed by atoms with Gasteiger partial charge in [0.15, 0.2) is 0 Å². The minimum absolute atomic E-state index is 0.299. The minimum atomic E-state index is -0.596. The average molecular weight is 276 g/mol. The summed E-state index contributed by atoms with van der Waals surface area (Å²) in [4.78, 5) is 11.9. The van der Waals surface area contributed by atoms with Crippen molar-refractivity contribution in [2.45, 2.75) is 25.9 Å². The predicted octanol–water partition coefficient (Wildman–Crippen LogP) is 3.15. The first-order chi connectivity index (χ1) is 9.47. The van der Waals surface area contributed by atoms with Crippen LogP contribution in [0.3, 0.4) is 0 Å². The number of furan rings is 1. The molecule has 0 atom stereocenters. The Bertz CT molecular complexity index is 562. The van der Waals surface area contributed by atoms with Crippen LogP contribution in [0.15, 0.2) is 47.1 Å². The molecule has 0 spiro atoms. The Morgan fingerprint density at radius 3 is 2.55 bits per heavy atom. The number of halogens is 1. The first-order valence-corrected chi connectivity index (χ1v) is 6.32. The fourth-order valence-electron chi connectivity index (χ4n) is 1.85. The standard InChI is InChI=1S/C15H17FN2O2/c1-15(2,11-5-7-12(16)8-6-11)18-14(19)17-10-13-4-3-9-20-13/h3-9H,10H2,1-2H3,(H2,17,18,19). The van der Waals surface area contributed by atoms with Crippen LogP contribution in [0, 0.1) is 5.82 Å². The van der Waals surface area contributed by atoms with Gasteiger partial charge in [-0.15, -0.1) is 0 Å². The number of carbonyl (C=O) groups excluding carboxylic acids is 1. The number of urea groups is 1. The lowest BCUT2D eigenvalue weighted by atomic mass is 9.94. The Kier molecular flexibility index (Phi) is 4.08. The molecular formula is C15H17FN2O2. The average Bonchev–Trinajstić information content (AvgIpc) is 2.89. The topological polar surface area (TPSA) is 54.3 Å². The molecule has 0 fully saturated rings. The summed E-state index contributed by atoms with van der Waals surface area (Å²) in [6.07, 6.45) is 1.55. The Labute approximate surface area is 117 Å². The van der Waals surface area contributed by atoms with Crippen LogP contribution in [-0.2, 0) is 12.1 Å². The molecule has 1 heterocycles. The van der Waals surface area contributed by atoms with Gasteiger partial charge in [-0.2, -0.15) is 0 Å². The van der Waals surface area contributed by atoms with E-state index < -0.39 is 5.54 Å². The first-order valence-electron chi connectivity index (χ1n) is 6.32. The minimum Gasteiger partial charge on any atom is -0.467 e. The van der Waals surface area contributed by atoms with E-state index in [4.69, 9.17) is 4.42 Å². The summed E-state index contributed by atoms with van der Waals surface area (Å²) in [5.41, 5.74) is 0.230. The zero-order valence-electron chi connectivity index (χ0n) is 11.4. The smallest absolute Gasteiger partial charge is 0.315 e. The lowest BCUT2D eigenvalue weighted by Crippen LogP contribution is -2.46. The molecule has 4 nitrogen and oxygen atoms in total. The monoisotopic (exact) mass is 276 g/mol. The van der Waals surface area contributed by atoms with Gasteiger partial charge in [0.05, 0.1) is 18.3 Å². The molecular weight excluding hydrogens is 259 g/mol. The van der Waals surface area contributed by atoms with E-state index in [1.54, 1.807) is 30.5 Å². The van der Waals surface area contributed by atoms with Crippen molar-refractivity contribution >= 4 is 6.03 Å². The summed E-state index contributed by atoms with van der Waals surface area (Å²) in [7, 11) is 0. The summed E-state index contributed by atoms with van der Waals surface area (Å²) >= 11 is 0. The fourth-order valence-corrected chi connectivity index (χ4v) is 1.85. The highest BCUT2D eigenvalue weighted by Crippen LogP contribution is 2.20. The van der Waals surface area contributed by atoms with E-state index in [0.29, 0.717) is 12.3 Å². The van der Waals surface area contributed by atoms with E-state index in [1.807, 2.05) is 13.8 Å². The molecule has 0 aliphatic carbocycles. The van der Waals surface area contributed by atoms with Gasteiger partial charge in [0.2, 0.25) is 0 Å². The number of benzene rings is 1. The summed E-state index contributed by atoms with van der Waals surface area (Å²) < 4.78 is 18.0. The molecule has 106 valence electrons. The zero-order valence-corrected chi connectivity index (χ0v) is 11.4. The molecule has 1 aromatic carbocycles. The van der Waals surface area contributed by atoms with Crippen molar-refractivity contribution in [3.8, 4) is 0 Å². The van der Waals surface area contributed by atoms with Crippen molar-refractivity contribution in [3.63, 3.8) is 0 Å². The fraction of sp³-hybridized carbons (Fsp3) is 0.267. The number of carbonyl (C=O) groups is 1. The molecule has 20 heavy (non-hydrogen) atoms. The number of nitrogens with one attached hydrogen (secondary N) is 2. The van der Waals surface area contributed by atoms with Crippen molar-refractivity contribution in [1.29, 1.82) is 0 Å². The summed E-state index contributed by atoms with van der Waals surface area (Å²) in [5, 5.41) is 5.54. The van der Waals surface area contributed by atoms with Gasteiger partial charge in [0.25, 0.3) is 0 Å². The summed E-state index contributed by atoms with van der Waals surface area (Å²) in [6.45, 7) is 4.03. The van der Waals surface area contributed by atoms with Gasteiger partial charge in [-0.05, 0) is 43.7 Å². The maximum absolute atomic E-state index is 12.9. The lowest BCUT2D eigenvalue weighted by molar-refractivity contribution is 0.228. The SMILES string of the molecule is CC(C)(NC(=O)NCc1ccco1)c1ccc(F)cc1. The third kappa shape index (κ3) is 3.60. The van der Waals surface area contributed by atoms with Gasteiger partial charge in [-0.1, -0.05) is 12.1 Å². The molecule has 2 amide bonds. The van der Waals surface area contributed by atoms with E-state index in [0.717, 1.165) is 5.56 Å². The maximum Gasteiger partial charge on any atom is 0.315 e. The number of rotatable bonds is 4. The Morgan fingerprint density at radius 2 is 1.95 bits per heavy atom. The molecule has 2 N–H and O–H groups in total. The Balaban J connectivity index is 1.93. The quantitative estimate of drug-likeness (QED) is 0.901. The predicted molar refractivity (Wildman–Crippen MR) is 73.5 cm³/mol. The largest absolute Gasteiger partial charge is 0.467 e. The summed E-state index contributed by atoms with van der Waals surface area (Å²) in [5.74, 6) is 0.381. The molecule has 2 rings (SSSR count). The van der Waals surface area contributed by atoms with Gasteiger partial charge in [0, 0.05) is 0 Å². The highest BCUT2D eigenvalue weighted by Gasteiger charge is 2.22. The van der Waals surface area contributed by atoms with Gasteiger partial charge in [0.1, 0.15) is 11.6 Å². The molecule has 0 saturated carbocycles. The van der Waals surface area contributed by atoms with E-state index in [-0.39, 0.29) is 11.8 Å². The van der Waals surface area contributed by atoms with Crippen LogP contribution in [0.25, 0.3) is 0 Å². The maximum atomic E-state index is 12.9. The van der Waals surface area contributed by atoms with Crippen LogP contribution in [0.1, 0.15) is 25.2 Å². The Hall–Kier alpha value is -2.30. The molecule has 0 saturated heterocycles. The van der Waals surface area contributed by atoms with Crippen molar-refractivity contribution < 1.29 is 13.6 Å². The van der Waals surface area contributed by atoms with Crippen molar-refractivity contribution in [2.24, 2.45) is 0 Å². The second kappa shape index (κ2) is 5.77. The van der Waals surface area contributed by atoms with Gasteiger partial charge in [-0.25, -0.2) is 9.18 Å². The molecule has 2 aromatic rings. The van der Waals surface area contributed by atoms with Crippen LogP contribution >= 0.6 is 0 Å². The molecule has 0 radical (unpaired) electrons. The normalized spacial score (nSPS) is 11.2.